The van der Waals surface area contributed by atoms with E-state index < -0.39 is 0 Å². The Morgan fingerprint density at radius 1 is 1.47 bits per heavy atom. The molecule has 86 valence electrons. The summed E-state index contributed by atoms with van der Waals surface area (Å²) < 4.78 is 0. The quantitative estimate of drug-likeness (QED) is 0.779. The number of hydrogen-bond donors (Lipinski definition) is 1. The van der Waals surface area contributed by atoms with Gasteiger partial charge in [-0.25, -0.2) is 0 Å². The molecule has 1 aliphatic carbocycles. The predicted molar refractivity (Wildman–Crippen MR) is 68.5 cm³/mol. The predicted octanol–water partition coefficient (Wildman–Crippen LogP) is 3.04. The highest BCUT2D eigenvalue weighted by atomic mass is 32.2. The van der Waals surface area contributed by atoms with Crippen molar-refractivity contribution < 1.29 is 0 Å². The number of rotatable bonds is 5. The number of thioether (sulfide) groups is 1. The molecule has 1 aliphatic heterocycles. The lowest BCUT2D eigenvalue weighted by Gasteiger charge is -2.14. The highest BCUT2D eigenvalue weighted by Gasteiger charge is 2.40. The van der Waals surface area contributed by atoms with E-state index in [1.54, 1.807) is 0 Å². The molecule has 1 N–H and O–H groups in total. The molecule has 15 heavy (non-hydrogen) atoms. The van der Waals surface area contributed by atoms with Gasteiger partial charge in [-0.2, -0.15) is 0 Å². The summed E-state index contributed by atoms with van der Waals surface area (Å²) in [6.45, 7) is 6.73. The van der Waals surface area contributed by atoms with Crippen LogP contribution in [-0.2, 0) is 0 Å². The fourth-order valence-corrected chi connectivity index (χ4v) is 3.21. The van der Waals surface area contributed by atoms with E-state index in [9.17, 15) is 0 Å². The summed E-state index contributed by atoms with van der Waals surface area (Å²) >= 11 is 1.95. The minimum atomic E-state index is 0.631. The maximum atomic E-state index is 4.57. The molecule has 1 atom stereocenters. The minimum Gasteiger partial charge on any atom is -0.364 e. The summed E-state index contributed by atoms with van der Waals surface area (Å²) in [5, 5.41) is 5.48. The van der Waals surface area contributed by atoms with Gasteiger partial charge in [-0.3, -0.25) is 4.99 Å². The van der Waals surface area contributed by atoms with Crippen molar-refractivity contribution in [1.82, 2.24) is 5.32 Å². The summed E-state index contributed by atoms with van der Waals surface area (Å²) in [5.74, 6) is 0. The normalized spacial score (nSPS) is 27.6. The molecule has 1 saturated carbocycles. The van der Waals surface area contributed by atoms with Gasteiger partial charge >= 0.3 is 0 Å². The highest BCUT2D eigenvalue weighted by molar-refractivity contribution is 8.14. The minimum absolute atomic E-state index is 0.631. The van der Waals surface area contributed by atoms with E-state index in [2.05, 4.69) is 24.2 Å². The van der Waals surface area contributed by atoms with E-state index in [4.69, 9.17) is 0 Å². The van der Waals surface area contributed by atoms with Crippen LogP contribution < -0.4 is 5.32 Å². The second-order valence-electron chi connectivity index (χ2n) is 4.88. The molecule has 1 unspecified atom stereocenters. The average molecular weight is 226 g/mol. The first-order chi connectivity index (χ1) is 7.28. The van der Waals surface area contributed by atoms with E-state index in [1.807, 2.05) is 11.8 Å². The fraction of sp³-hybridized carbons (Fsp3) is 0.917. The second kappa shape index (κ2) is 4.77. The summed E-state index contributed by atoms with van der Waals surface area (Å²) in [5.41, 5.74) is 0.631. The number of amidine groups is 1. The monoisotopic (exact) mass is 226 g/mol. The zero-order valence-electron chi connectivity index (χ0n) is 9.88. The molecule has 0 amide bonds. The van der Waals surface area contributed by atoms with E-state index in [0.717, 1.165) is 18.3 Å². The van der Waals surface area contributed by atoms with Crippen LogP contribution >= 0.6 is 11.8 Å². The molecule has 0 aromatic rings. The molecule has 0 saturated heterocycles. The van der Waals surface area contributed by atoms with Gasteiger partial charge in [0.1, 0.15) is 0 Å². The molecule has 1 fully saturated rings. The van der Waals surface area contributed by atoms with E-state index in [-0.39, 0.29) is 0 Å². The molecule has 2 nitrogen and oxygen atoms in total. The number of hydrogen-bond acceptors (Lipinski definition) is 3. The Hall–Kier alpha value is -0.180. The molecule has 0 aromatic heterocycles. The van der Waals surface area contributed by atoms with Crippen molar-refractivity contribution in [3.63, 3.8) is 0 Å². The van der Waals surface area contributed by atoms with E-state index in [0.29, 0.717) is 5.41 Å². The van der Waals surface area contributed by atoms with Gasteiger partial charge in [0.05, 0.1) is 6.54 Å². The van der Waals surface area contributed by atoms with Crippen molar-refractivity contribution in [3.05, 3.63) is 0 Å². The van der Waals surface area contributed by atoms with Crippen molar-refractivity contribution in [2.24, 2.45) is 10.4 Å². The zero-order chi connectivity index (χ0) is 10.7. The molecule has 3 heteroatoms. The maximum Gasteiger partial charge on any atom is 0.156 e. The van der Waals surface area contributed by atoms with Crippen LogP contribution in [0.15, 0.2) is 4.99 Å². The Balaban J connectivity index is 1.68. The van der Waals surface area contributed by atoms with Crippen molar-refractivity contribution in [2.45, 2.75) is 51.2 Å². The third kappa shape index (κ3) is 2.90. The van der Waals surface area contributed by atoms with Crippen molar-refractivity contribution >= 4 is 16.9 Å². The molecule has 2 rings (SSSR count). The van der Waals surface area contributed by atoms with Gasteiger partial charge in [-0.1, -0.05) is 32.0 Å². The molecule has 0 bridgehead atoms. The Morgan fingerprint density at radius 2 is 2.27 bits per heavy atom. The van der Waals surface area contributed by atoms with Crippen LogP contribution in [0.2, 0.25) is 0 Å². The van der Waals surface area contributed by atoms with Gasteiger partial charge in [0.15, 0.2) is 5.17 Å². The summed E-state index contributed by atoms with van der Waals surface area (Å²) in [6.07, 6.45) is 6.72. The van der Waals surface area contributed by atoms with Crippen molar-refractivity contribution in [2.75, 3.05) is 13.1 Å². The van der Waals surface area contributed by atoms with Gasteiger partial charge in [-0.05, 0) is 31.1 Å². The molecule has 1 heterocycles. The molecular formula is C12H22N2S. The van der Waals surface area contributed by atoms with E-state index >= 15 is 0 Å². The van der Waals surface area contributed by atoms with Crippen molar-refractivity contribution in [1.29, 1.82) is 0 Å². The fourth-order valence-electron chi connectivity index (χ4n) is 2.08. The first-order valence-electron chi connectivity index (χ1n) is 6.23. The van der Waals surface area contributed by atoms with Gasteiger partial charge in [-0.15, -0.1) is 0 Å². The summed E-state index contributed by atoms with van der Waals surface area (Å²) in [4.78, 5) is 4.57. The lowest BCUT2D eigenvalue weighted by atomic mass is 10.0. The summed E-state index contributed by atoms with van der Waals surface area (Å²) in [6, 6.07) is 0. The standard InChI is InChI=1S/C12H22N2S/c1-3-5-10-8-13-11(15-10)14-9-12(4-2)6-7-12/h10H,3-9H2,1-2H3,(H,13,14). The van der Waals surface area contributed by atoms with Crippen LogP contribution in [0.25, 0.3) is 0 Å². The topological polar surface area (TPSA) is 24.4 Å². The van der Waals surface area contributed by atoms with Gasteiger partial charge in [0.25, 0.3) is 0 Å². The first kappa shape index (κ1) is 11.3. The molecule has 0 radical (unpaired) electrons. The van der Waals surface area contributed by atoms with Crippen LogP contribution in [0.3, 0.4) is 0 Å². The Bertz CT molecular complexity index is 246. The molecule has 0 spiro atoms. The van der Waals surface area contributed by atoms with Crippen LogP contribution in [0.4, 0.5) is 0 Å². The van der Waals surface area contributed by atoms with E-state index in [1.165, 1.54) is 37.3 Å². The Labute approximate surface area is 97.3 Å². The number of nitrogens with one attached hydrogen (secondary N) is 1. The van der Waals surface area contributed by atoms with Crippen LogP contribution in [0.5, 0.6) is 0 Å². The van der Waals surface area contributed by atoms with Gasteiger partial charge in [0.2, 0.25) is 0 Å². The lowest BCUT2D eigenvalue weighted by Crippen LogP contribution is -2.27. The van der Waals surface area contributed by atoms with Crippen molar-refractivity contribution in [3.8, 4) is 0 Å². The summed E-state index contributed by atoms with van der Waals surface area (Å²) in [7, 11) is 0. The van der Waals surface area contributed by atoms with Crippen LogP contribution in [-0.4, -0.2) is 23.5 Å². The molecule has 0 aromatic carbocycles. The lowest BCUT2D eigenvalue weighted by molar-refractivity contribution is 0.483. The SMILES string of the molecule is CCCC1CN=C(NCC2(CC)CC2)S1. The smallest absolute Gasteiger partial charge is 0.156 e. The molecular weight excluding hydrogens is 204 g/mol. The Morgan fingerprint density at radius 3 is 2.87 bits per heavy atom. The maximum absolute atomic E-state index is 4.57. The second-order valence-corrected chi connectivity index (χ2v) is 6.17. The van der Waals surface area contributed by atoms with Crippen LogP contribution in [0.1, 0.15) is 46.0 Å². The van der Waals surface area contributed by atoms with Gasteiger partial charge in [0, 0.05) is 11.8 Å². The first-order valence-corrected chi connectivity index (χ1v) is 7.11. The highest BCUT2D eigenvalue weighted by Crippen LogP contribution is 2.48. The third-order valence-electron chi connectivity index (χ3n) is 3.65. The number of aliphatic imine (C=N–C) groups is 1. The Kier molecular flexibility index (Phi) is 3.60. The molecule has 2 aliphatic rings. The largest absolute Gasteiger partial charge is 0.364 e. The zero-order valence-corrected chi connectivity index (χ0v) is 10.7. The average Bonchev–Trinajstić information content (AvgIpc) is 2.91. The third-order valence-corrected chi connectivity index (χ3v) is 4.86. The van der Waals surface area contributed by atoms with Gasteiger partial charge < -0.3 is 5.32 Å². The number of nitrogens with zero attached hydrogens (tertiary/aromatic N) is 1. The van der Waals surface area contributed by atoms with Crippen LogP contribution in [0, 0.1) is 5.41 Å².